The van der Waals surface area contributed by atoms with Crippen LogP contribution in [0, 0.1) is 5.82 Å². The molecule has 0 aliphatic heterocycles. The Kier molecular flexibility index (Phi) is 5.33. The molecule has 3 aromatic rings. The van der Waals surface area contributed by atoms with E-state index in [0.717, 1.165) is 17.3 Å². The van der Waals surface area contributed by atoms with E-state index >= 15 is 0 Å². The van der Waals surface area contributed by atoms with Gasteiger partial charge in [0.15, 0.2) is 5.16 Å². The van der Waals surface area contributed by atoms with Crippen molar-refractivity contribution in [1.29, 1.82) is 0 Å². The normalized spacial score (nSPS) is 11.7. The number of nitrogens with zero attached hydrogens (tertiary/aromatic N) is 1. The summed E-state index contributed by atoms with van der Waals surface area (Å²) in [6.45, 7) is 0. The van der Waals surface area contributed by atoms with Crippen LogP contribution >= 0.6 is 11.8 Å². The molecule has 1 atom stereocenters. The van der Waals surface area contributed by atoms with Crippen molar-refractivity contribution in [1.82, 2.24) is 9.97 Å². The summed E-state index contributed by atoms with van der Waals surface area (Å²) in [5.74, 6) is -0.654. The Morgan fingerprint density at radius 1 is 1.15 bits per heavy atom. The molecular formula is C18H15FN4O2S. The number of amides is 1. The summed E-state index contributed by atoms with van der Waals surface area (Å²) in [7, 11) is 0. The van der Waals surface area contributed by atoms with E-state index in [1.807, 2.05) is 18.2 Å². The van der Waals surface area contributed by atoms with Crippen molar-refractivity contribution in [2.75, 3.05) is 11.1 Å². The molecule has 0 aliphatic carbocycles. The smallest absolute Gasteiger partial charge is 0.253 e. The van der Waals surface area contributed by atoms with Gasteiger partial charge >= 0.3 is 0 Å². The number of aromatic amines is 1. The molecule has 26 heavy (non-hydrogen) atoms. The zero-order valence-electron chi connectivity index (χ0n) is 13.5. The van der Waals surface area contributed by atoms with Gasteiger partial charge in [0.2, 0.25) is 5.91 Å². The second kappa shape index (κ2) is 7.83. The minimum absolute atomic E-state index is 0.0713. The lowest BCUT2D eigenvalue weighted by atomic mass is 10.1. The molecule has 1 heterocycles. The number of nitrogens with two attached hydrogens (primary N) is 1. The lowest BCUT2D eigenvalue weighted by Crippen LogP contribution is -2.20. The van der Waals surface area contributed by atoms with Gasteiger partial charge in [0, 0.05) is 11.8 Å². The van der Waals surface area contributed by atoms with Gasteiger partial charge in [-0.05, 0) is 29.8 Å². The first-order valence-electron chi connectivity index (χ1n) is 7.66. The van der Waals surface area contributed by atoms with Crippen molar-refractivity contribution in [3.05, 3.63) is 82.4 Å². The number of nitrogen functional groups attached to an aromatic ring is 1. The molecule has 0 spiro atoms. The molecule has 0 saturated heterocycles. The summed E-state index contributed by atoms with van der Waals surface area (Å²) in [5, 5.41) is 2.29. The number of hydrogen-bond donors (Lipinski definition) is 3. The van der Waals surface area contributed by atoms with E-state index in [2.05, 4.69) is 15.3 Å². The maximum atomic E-state index is 13.0. The maximum Gasteiger partial charge on any atom is 0.253 e. The van der Waals surface area contributed by atoms with Crippen LogP contribution in [0.5, 0.6) is 0 Å². The van der Waals surface area contributed by atoms with Crippen LogP contribution in [0.3, 0.4) is 0 Å². The van der Waals surface area contributed by atoms with Gasteiger partial charge in [0.05, 0.1) is 0 Å². The molecule has 3 rings (SSSR count). The SMILES string of the molecule is Nc1cc(=O)[nH]c(SC(C(=O)Nc2ccc(F)cc2)c2ccccc2)n1. The number of benzene rings is 2. The topological polar surface area (TPSA) is 101 Å². The standard InChI is InChI=1S/C18H15FN4O2S/c19-12-6-8-13(9-7-12)21-17(25)16(11-4-2-1-3-5-11)26-18-22-14(20)10-15(24)23-18/h1-10,16H,(H,21,25)(H3,20,22,23,24). The van der Waals surface area contributed by atoms with Gasteiger partial charge in [0.1, 0.15) is 16.9 Å². The fourth-order valence-corrected chi connectivity index (χ4v) is 3.26. The Balaban J connectivity index is 1.89. The van der Waals surface area contributed by atoms with E-state index in [1.165, 1.54) is 30.3 Å². The van der Waals surface area contributed by atoms with Crippen LogP contribution in [0.25, 0.3) is 0 Å². The van der Waals surface area contributed by atoms with Gasteiger partial charge in [-0.2, -0.15) is 0 Å². The van der Waals surface area contributed by atoms with Gasteiger partial charge in [-0.3, -0.25) is 9.59 Å². The predicted octanol–water partition coefficient (Wildman–Crippen LogP) is 2.96. The third kappa shape index (κ3) is 4.48. The van der Waals surface area contributed by atoms with Crippen LogP contribution in [-0.2, 0) is 4.79 Å². The second-order valence-electron chi connectivity index (χ2n) is 5.38. The molecule has 1 unspecified atom stereocenters. The van der Waals surface area contributed by atoms with Crippen molar-refractivity contribution in [3.8, 4) is 0 Å². The number of rotatable bonds is 5. The molecule has 0 fully saturated rings. The third-order valence-corrected chi connectivity index (χ3v) is 4.56. The van der Waals surface area contributed by atoms with Crippen molar-refractivity contribution in [3.63, 3.8) is 0 Å². The van der Waals surface area contributed by atoms with E-state index in [4.69, 9.17) is 5.73 Å². The van der Waals surface area contributed by atoms with E-state index in [-0.39, 0.29) is 16.9 Å². The molecule has 2 aromatic carbocycles. The highest BCUT2D eigenvalue weighted by atomic mass is 32.2. The summed E-state index contributed by atoms with van der Waals surface area (Å²) in [6, 6.07) is 15.7. The number of halogens is 1. The molecule has 0 bridgehead atoms. The molecule has 0 saturated carbocycles. The zero-order valence-corrected chi connectivity index (χ0v) is 14.3. The quantitative estimate of drug-likeness (QED) is 0.473. The van der Waals surface area contributed by atoms with E-state index in [0.29, 0.717) is 5.69 Å². The van der Waals surface area contributed by atoms with Gasteiger partial charge < -0.3 is 16.0 Å². The Morgan fingerprint density at radius 3 is 2.50 bits per heavy atom. The number of carbonyl (C=O) groups excluding carboxylic acids is 1. The monoisotopic (exact) mass is 370 g/mol. The molecule has 6 nitrogen and oxygen atoms in total. The van der Waals surface area contributed by atoms with Crippen LogP contribution in [0.2, 0.25) is 0 Å². The summed E-state index contributed by atoms with van der Waals surface area (Å²) < 4.78 is 13.0. The predicted molar refractivity (Wildman–Crippen MR) is 99.3 cm³/mol. The minimum atomic E-state index is -0.689. The number of H-pyrrole nitrogens is 1. The van der Waals surface area contributed by atoms with Gasteiger partial charge in [-0.25, -0.2) is 9.37 Å². The fraction of sp³-hybridized carbons (Fsp3) is 0.0556. The Morgan fingerprint density at radius 2 is 1.85 bits per heavy atom. The fourth-order valence-electron chi connectivity index (χ4n) is 2.26. The average Bonchev–Trinajstić information content (AvgIpc) is 2.61. The molecule has 1 amide bonds. The Labute approximate surface area is 152 Å². The molecule has 1 aromatic heterocycles. The second-order valence-corrected chi connectivity index (χ2v) is 6.47. The molecule has 0 aliphatic rings. The zero-order chi connectivity index (χ0) is 18.5. The summed E-state index contributed by atoms with van der Waals surface area (Å²) in [6.07, 6.45) is 0. The Hall–Kier alpha value is -3.13. The van der Waals surface area contributed by atoms with Gasteiger partial charge in [0.25, 0.3) is 5.56 Å². The van der Waals surface area contributed by atoms with Crippen molar-refractivity contribution < 1.29 is 9.18 Å². The van der Waals surface area contributed by atoms with E-state index in [1.54, 1.807) is 12.1 Å². The highest BCUT2D eigenvalue weighted by Crippen LogP contribution is 2.34. The van der Waals surface area contributed by atoms with Crippen LogP contribution in [0.1, 0.15) is 10.8 Å². The first-order chi connectivity index (χ1) is 12.5. The first-order valence-corrected chi connectivity index (χ1v) is 8.54. The highest BCUT2D eigenvalue weighted by Gasteiger charge is 2.23. The van der Waals surface area contributed by atoms with Crippen molar-refractivity contribution in [2.45, 2.75) is 10.4 Å². The van der Waals surface area contributed by atoms with Crippen LogP contribution in [0.4, 0.5) is 15.9 Å². The van der Waals surface area contributed by atoms with Crippen LogP contribution < -0.4 is 16.6 Å². The largest absolute Gasteiger partial charge is 0.383 e. The summed E-state index contributed by atoms with van der Waals surface area (Å²) in [4.78, 5) is 31.0. The number of anilines is 2. The molecule has 4 N–H and O–H groups in total. The maximum absolute atomic E-state index is 13.0. The Bertz CT molecular complexity index is 961. The summed E-state index contributed by atoms with van der Waals surface area (Å²) >= 11 is 1.07. The molecular weight excluding hydrogens is 355 g/mol. The van der Waals surface area contributed by atoms with Crippen LogP contribution in [0.15, 0.2) is 70.6 Å². The number of aromatic nitrogens is 2. The molecule has 0 radical (unpaired) electrons. The van der Waals surface area contributed by atoms with Crippen molar-refractivity contribution >= 4 is 29.2 Å². The van der Waals surface area contributed by atoms with Gasteiger partial charge in [-0.15, -0.1) is 0 Å². The lowest BCUT2D eigenvalue weighted by molar-refractivity contribution is -0.115. The third-order valence-electron chi connectivity index (χ3n) is 3.42. The number of hydrogen-bond acceptors (Lipinski definition) is 5. The minimum Gasteiger partial charge on any atom is -0.383 e. The van der Waals surface area contributed by atoms with E-state index < -0.39 is 16.6 Å². The first kappa shape index (κ1) is 17.7. The summed E-state index contributed by atoms with van der Waals surface area (Å²) in [5.41, 5.74) is 6.40. The average molecular weight is 370 g/mol. The molecule has 132 valence electrons. The van der Waals surface area contributed by atoms with E-state index in [9.17, 15) is 14.0 Å². The number of nitrogens with one attached hydrogen (secondary N) is 2. The lowest BCUT2D eigenvalue weighted by Gasteiger charge is -2.16. The van der Waals surface area contributed by atoms with Crippen molar-refractivity contribution in [2.24, 2.45) is 0 Å². The molecule has 8 heteroatoms. The van der Waals surface area contributed by atoms with Gasteiger partial charge in [-0.1, -0.05) is 42.1 Å². The number of carbonyl (C=O) groups is 1. The highest BCUT2D eigenvalue weighted by molar-refractivity contribution is 8.00. The van der Waals surface area contributed by atoms with Crippen LogP contribution in [-0.4, -0.2) is 15.9 Å². The number of thioether (sulfide) groups is 1.